The number of pyridine rings is 1. The number of likely N-dealkylation sites (tertiary alicyclic amines) is 1. The zero-order valence-electron chi connectivity index (χ0n) is 17.0. The van der Waals surface area contributed by atoms with Crippen molar-refractivity contribution in [3.63, 3.8) is 0 Å². The quantitative estimate of drug-likeness (QED) is 0.432. The van der Waals surface area contributed by atoms with Crippen molar-refractivity contribution in [3.05, 3.63) is 72.1 Å². The first-order valence-electron chi connectivity index (χ1n) is 10.3. The van der Waals surface area contributed by atoms with E-state index in [9.17, 15) is 14.0 Å². The Balaban J connectivity index is 1.54. The predicted molar refractivity (Wildman–Crippen MR) is 117 cm³/mol. The number of hydrogen-bond donors (Lipinski definition) is 3. The summed E-state index contributed by atoms with van der Waals surface area (Å²) in [6.07, 6.45) is 7.64. The monoisotopic (exact) mass is 421 g/mol. The zero-order valence-corrected chi connectivity index (χ0v) is 17.0. The van der Waals surface area contributed by atoms with E-state index in [1.165, 1.54) is 24.2 Å². The first-order valence-corrected chi connectivity index (χ1v) is 10.3. The largest absolute Gasteiger partial charge is 0.403 e. The third-order valence-electron chi connectivity index (χ3n) is 5.70. The average molecular weight is 421 g/mol. The lowest BCUT2D eigenvalue weighted by atomic mass is 9.92. The van der Waals surface area contributed by atoms with Crippen LogP contribution in [0.3, 0.4) is 0 Å². The maximum Gasteiger partial charge on any atom is 0.295 e. The summed E-state index contributed by atoms with van der Waals surface area (Å²) in [5.41, 5.74) is 6.88. The molecule has 4 rings (SSSR count). The number of ketones is 1. The maximum atomic E-state index is 14.5. The molecular formula is C23H24FN5O2. The van der Waals surface area contributed by atoms with Gasteiger partial charge < -0.3 is 20.9 Å². The topological polar surface area (TPSA) is 104 Å². The van der Waals surface area contributed by atoms with Crippen molar-refractivity contribution in [1.82, 2.24) is 14.9 Å². The second-order valence-electron chi connectivity index (χ2n) is 7.57. The van der Waals surface area contributed by atoms with Gasteiger partial charge in [0.15, 0.2) is 11.6 Å². The lowest BCUT2D eigenvalue weighted by Gasteiger charge is -2.20. The molecule has 3 heterocycles. The molecule has 0 bridgehead atoms. The van der Waals surface area contributed by atoms with Gasteiger partial charge in [-0.05, 0) is 30.7 Å². The van der Waals surface area contributed by atoms with Crippen LogP contribution >= 0.6 is 0 Å². The van der Waals surface area contributed by atoms with Gasteiger partial charge in [-0.1, -0.05) is 30.3 Å². The van der Waals surface area contributed by atoms with Crippen LogP contribution in [-0.2, 0) is 4.79 Å². The van der Waals surface area contributed by atoms with Gasteiger partial charge in [0.25, 0.3) is 11.7 Å². The summed E-state index contributed by atoms with van der Waals surface area (Å²) in [6.45, 7) is 0.999. The molecule has 1 aliphatic heterocycles. The number of aromatic amines is 1. The van der Waals surface area contributed by atoms with E-state index in [-0.39, 0.29) is 10.9 Å². The summed E-state index contributed by atoms with van der Waals surface area (Å²) in [5, 5.41) is 2.86. The molecule has 0 radical (unpaired) electrons. The first kappa shape index (κ1) is 20.6. The summed E-state index contributed by atoms with van der Waals surface area (Å²) in [4.78, 5) is 34.4. The number of carbonyl (C=O) groups is 2. The lowest BCUT2D eigenvalue weighted by Crippen LogP contribution is -2.37. The van der Waals surface area contributed by atoms with Crippen LogP contribution in [0.1, 0.15) is 41.1 Å². The Morgan fingerprint density at radius 1 is 1.23 bits per heavy atom. The van der Waals surface area contributed by atoms with Gasteiger partial charge >= 0.3 is 0 Å². The van der Waals surface area contributed by atoms with Crippen LogP contribution in [-0.4, -0.2) is 39.6 Å². The van der Waals surface area contributed by atoms with Gasteiger partial charge in [0.2, 0.25) is 0 Å². The number of nitrogens with one attached hydrogen (secondary N) is 2. The molecule has 2 aromatic heterocycles. The number of H-pyrrole nitrogens is 1. The number of nitrogens with two attached hydrogens (primary N) is 1. The maximum absolute atomic E-state index is 14.5. The number of Topliss-reactive ketones (excluding diaryl/α,β-unsaturated/α-hetero) is 1. The van der Waals surface area contributed by atoms with Gasteiger partial charge in [0, 0.05) is 31.7 Å². The highest BCUT2D eigenvalue weighted by molar-refractivity contribution is 6.45. The average Bonchev–Trinajstić information content (AvgIpc) is 3.10. The van der Waals surface area contributed by atoms with E-state index in [1.54, 1.807) is 4.90 Å². The first-order chi connectivity index (χ1) is 15.1. The molecule has 4 N–H and O–H groups in total. The van der Waals surface area contributed by atoms with Crippen LogP contribution < -0.4 is 11.1 Å². The minimum atomic E-state index is -0.727. The molecule has 160 valence electrons. The van der Waals surface area contributed by atoms with Gasteiger partial charge in [-0.15, -0.1) is 0 Å². The van der Waals surface area contributed by atoms with Crippen molar-refractivity contribution in [2.24, 2.45) is 5.73 Å². The molecule has 1 unspecified atom stereocenters. The Morgan fingerprint density at radius 2 is 2.03 bits per heavy atom. The van der Waals surface area contributed by atoms with E-state index in [0.717, 1.165) is 25.5 Å². The highest BCUT2D eigenvalue weighted by Gasteiger charge is 2.29. The molecule has 8 heteroatoms. The van der Waals surface area contributed by atoms with Gasteiger partial charge in [-0.3, -0.25) is 9.59 Å². The fraction of sp³-hybridized carbons (Fsp3) is 0.261. The molecule has 1 atom stereocenters. The summed E-state index contributed by atoms with van der Waals surface area (Å²) in [6, 6.07) is 10.2. The Labute approximate surface area is 179 Å². The minimum Gasteiger partial charge on any atom is -0.403 e. The van der Waals surface area contributed by atoms with Crippen LogP contribution in [0, 0.1) is 5.82 Å². The van der Waals surface area contributed by atoms with E-state index in [1.807, 2.05) is 18.2 Å². The second kappa shape index (κ2) is 8.99. The van der Waals surface area contributed by atoms with Crippen LogP contribution in [0.2, 0.25) is 0 Å². The molecule has 0 aliphatic carbocycles. The molecular weight excluding hydrogens is 397 g/mol. The lowest BCUT2D eigenvalue weighted by molar-refractivity contribution is -0.126. The number of carbonyl (C=O) groups excluding carboxylic acids is 2. The predicted octanol–water partition coefficient (Wildman–Crippen LogP) is 3.52. The smallest absolute Gasteiger partial charge is 0.295 e. The minimum absolute atomic E-state index is 0.00327. The summed E-state index contributed by atoms with van der Waals surface area (Å²) >= 11 is 0. The Hall–Kier alpha value is -3.68. The van der Waals surface area contributed by atoms with Crippen LogP contribution in [0.15, 0.2) is 55.1 Å². The number of anilines is 1. The van der Waals surface area contributed by atoms with Gasteiger partial charge in [-0.25, -0.2) is 9.37 Å². The Kier molecular flexibility index (Phi) is 5.97. The van der Waals surface area contributed by atoms with E-state index in [0.29, 0.717) is 30.3 Å². The van der Waals surface area contributed by atoms with Crippen LogP contribution in [0.25, 0.3) is 10.9 Å². The summed E-state index contributed by atoms with van der Waals surface area (Å²) in [5.74, 6) is -1.34. The van der Waals surface area contributed by atoms with Crippen molar-refractivity contribution in [3.8, 4) is 0 Å². The number of halogens is 1. The molecule has 0 saturated carbocycles. The van der Waals surface area contributed by atoms with Crippen molar-refractivity contribution < 1.29 is 14.0 Å². The molecule has 7 nitrogen and oxygen atoms in total. The van der Waals surface area contributed by atoms with Crippen LogP contribution in [0.5, 0.6) is 0 Å². The zero-order chi connectivity index (χ0) is 21.8. The normalized spacial score (nSPS) is 17.1. The molecule has 1 aliphatic rings. The molecule has 1 saturated heterocycles. The number of fused-ring (bicyclic) bond motifs is 1. The molecule has 0 spiro atoms. The van der Waals surface area contributed by atoms with Gasteiger partial charge in [0.05, 0.1) is 22.7 Å². The van der Waals surface area contributed by atoms with E-state index >= 15 is 0 Å². The number of aromatic nitrogens is 2. The van der Waals surface area contributed by atoms with Gasteiger partial charge in [0.1, 0.15) is 0 Å². The standard InChI is InChI=1S/C23H24FN5O2/c24-18-14-28-22(26-10-9-25)20-19(18)17(13-27-20)21(30)23(31)29-11-4-7-16(8-12-29)15-5-2-1-3-6-15/h1-3,5-6,9-10,13-14,16,27H,4,7-8,11-12,25H2,(H,26,28)/b10-9-. The highest BCUT2D eigenvalue weighted by atomic mass is 19.1. The van der Waals surface area contributed by atoms with Crippen LogP contribution in [0.4, 0.5) is 10.2 Å². The van der Waals surface area contributed by atoms with Crippen molar-refractivity contribution in [2.75, 3.05) is 18.4 Å². The van der Waals surface area contributed by atoms with Gasteiger partial charge in [-0.2, -0.15) is 0 Å². The summed E-state index contributed by atoms with van der Waals surface area (Å²) in [7, 11) is 0. The number of benzene rings is 1. The van der Waals surface area contributed by atoms with Crippen molar-refractivity contribution in [1.29, 1.82) is 0 Å². The van der Waals surface area contributed by atoms with Crippen molar-refractivity contribution >= 4 is 28.4 Å². The Bertz CT molecular complexity index is 1130. The number of hydrogen-bond acceptors (Lipinski definition) is 5. The molecule has 3 aromatic rings. The number of rotatable bonds is 5. The molecule has 1 aromatic carbocycles. The number of amides is 1. The highest BCUT2D eigenvalue weighted by Crippen LogP contribution is 2.30. The summed E-state index contributed by atoms with van der Waals surface area (Å²) < 4.78 is 14.5. The second-order valence-corrected chi connectivity index (χ2v) is 7.57. The third-order valence-corrected chi connectivity index (χ3v) is 5.70. The fourth-order valence-corrected chi connectivity index (χ4v) is 4.14. The van der Waals surface area contributed by atoms with Crippen molar-refractivity contribution in [2.45, 2.75) is 25.2 Å². The number of nitrogens with zero attached hydrogens (tertiary/aromatic N) is 2. The fourth-order valence-electron chi connectivity index (χ4n) is 4.14. The molecule has 1 amide bonds. The Morgan fingerprint density at radius 3 is 2.81 bits per heavy atom. The SMILES string of the molecule is N/C=C\Nc1ncc(F)c2c(C(=O)C(=O)N3CCCC(c4ccccc4)CC3)c[nH]c12. The van der Waals surface area contributed by atoms with E-state index in [4.69, 9.17) is 5.73 Å². The molecule has 31 heavy (non-hydrogen) atoms. The third kappa shape index (κ3) is 4.14. The molecule has 1 fully saturated rings. The van der Waals surface area contributed by atoms with E-state index in [2.05, 4.69) is 27.4 Å². The van der Waals surface area contributed by atoms with E-state index < -0.39 is 17.5 Å².